The molecule has 0 spiro atoms. The minimum atomic E-state index is -0.479. The molecule has 2 aromatic carbocycles. The maximum atomic E-state index is 11.9. The van der Waals surface area contributed by atoms with E-state index in [1.807, 2.05) is 55.5 Å². The number of hydrogen-bond donors (Lipinski definition) is 1. The topological polar surface area (TPSA) is 38.3 Å². The van der Waals surface area contributed by atoms with Crippen LogP contribution in [0.4, 0.5) is 10.5 Å². The highest BCUT2D eigenvalue weighted by Gasteiger charge is 2.13. The van der Waals surface area contributed by atoms with Gasteiger partial charge >= 0.3 is 6.09 Å². The lowest BCUT2D eigenvalue weighted by atomic mass is 9.87. The predicted octanol–water partition coefficient (Wildman–Crippen LogP) is 4.90. The SMILES string of the molecule is Cc1ccccc1NC(=O)Oc1ccc(C(C)(C)C)cc1. The third kappa shape index (κ3) is 4.09. The van der Waals surface area contributed by atoms with Crippen LogP contribution in [-0.4, -0.2) is 6.09 Å². The summed E-state index contributed by atoms with van der Waals surface area (Å²) in [4.78, 5) is 11.9. The molecule has 0 unspecified atom stereocenters. The van der Waals surface area contributed by atoms with E-state index in [0.29, 0.717) is 5.75 Å². The van der Waals surface area contributed by atoms with Crippen molar-refractivity contribution in [1.29, 1.82) is 0 Å². The molecule has 0 aliphatic rings. The summed E-state index contributed by atoms with van der Waals surface area (Å²) in [5, 5.41) is 2.74. The summed E-state index contributed by atoms with van der Waals surface area (Å²) in [6, 6.07) is 15.2. The highest BCUT2D eigenvalue weighted by Crippen LogP contribution is 2.24. The second-order valence-corrected chi connectivity index (χ2v) is 6.10. The molecular weight excluding hydrogens is 262 g/mol. The van der Waals surface area contributed by atoms with Crippen molar-refractivity contribution in [2.24, 2.45) is 0 Å². The van der Waals surface area contributed by atoms with Gasteiger partial charge in [-0.1, -0.05) is 51.1 Å². The van der Waals surface area contributed by atoms with E-state index in [1.54, 1.807) is 0 Å². The molecular formula is C18H21NO2. The molecule has 3 nitrogen and oxygen atoms in total. The monoisotopic (exact) mass is 283 g/mol. The largest absolute Gasteiger partial charge is 0.417 e. The van der Waals surface area contributed by atoms with Gasteiger partial charge in [0.25, 0.3) is 0 Å². The van der Waals surface area contributed by atoms with E-state index in [2.05, 4.69) is 26.1 Å². The third-order valence-electron chi connectivity index (χ3n) is 3.31. The molecule has 0 atom stereocenters. The van der Waals surface area contributed by atoms with Crippen LogP contribution < -0.4 is 10.1 Å². The number of benzene rings is 2. The Hall–Kier alpha value is -2.29. The first-order valence-electron chi connectivity index (χ1n) is 7.01. The van der Waals surface area contributed by atoms with Crippen molar-refractivity contribution in [3.63, 3.8) is 0 Å². The maximum Gasteiger partial charge on any atom is 0.417 e. The first-order chi connectivity index (χ1) is 9.86. The molecule has 21 heavy (non-hydrogen) atoms. The zero-order valence-corrected chi connectivity index (χ0v) is 12.9. The summed E-state index contributed by atoms with van der Waals surface area (Å²) < 4.78 is 5.29. The number of amides is 1. The molecule has 0 radical (unpaired) electrons. The lowest BCUT2D eigenvalue weighted by molar-refractivity contribution is 0.215. The summed E-state index contributed by atoms with van der Waals surface area (Å²) in [7, 11) is 0. The number of hydrogen-bond acceptors (Lipinski definition) is 2. The van der Waals surface area contributed by atoms with Gasteiger partial charge in [-0.3, -0.25) is 5.32 Å². The molecule has 110 valence electrons. The number of nitrogens with one attached hydrogen (secondary N) is 1. The molecule has 2 rings (SSSR count). The fraction of sp³-hybridized carbons (Fsp3) is 0.278. The fourth-order valence-corrected chi connectivity index (χ4v) is 1.98. The quantitative estimate of drug-likeness (QED) is 0.851. The van der Waals surface area contributed by atoms with E-state index in [0.717, 1.165) is 11.3 Å². The number of anilines is 1. The van der Waals surface area contributed by atoms with E-state index in [9.17, 15) is 4.79 Å². The fourth-order valence-electron chi connectivity index (χ4n) is 1.98. The highest BCUT2D eigenvalue weighted by atomic mass is 16.6. The minimum absolute atomic E-state index is 0.0853. The lowest BCUT2D eigenvalue weighted by Gasteiger charge is -2.19. The van der Waals surface area contributed by atoms with Crippen LogP contribution in [0.1, 0.15) is 31.9 Å². The lowest BCUT2D eigenvalue weighted by Crippen LogP contribution is -2.17. The second-order valence-electron chi connectivity index (χ2n) is 6.10. The summed E-state index contributed by atoms with van der Waals surface area (Å²) >= 11 is 0. The number of carbonyl (C=O) groups excluding carboxylic acids is 1. The Morgan fingerprint density at radius 3 is 2.19 bits per heavy atom. The van der Waals surface area contributed by atoms with Gasteiger partial charge in [0.2, 0.25) is 0 Å². The van der Waals surface area contributed by atoms with Gasteiger partial charge in [0, 0.05) is 5.69 Å². The average Bonchev–Trinajstić information content (AvgIpc) is 2.41. The standard InChI is InChI=1S/C18H21NO2/c1-13-7-5-6-8-16(13)19-17(20)21-15-11-9-14(10-12-15)18(2,3)4/h5-12H,1-4H3,(H,19,20). The van der Waals surface area contributed by atoms with Crippen LogP contribution in [0.2, 0.25) is 0 Å². The van der Waals surface area contributed by atoms with Crippen molar-refractivity contribution >= 4 is 11.8 Å². The first kappa shape index (κ1) is 15.1. The number of aryl methyl sites for hydroxylation is 1. The Kier molecular flexibility index (Phi) is 4.32. The summed E-state index contributed by atoms with van der Waals surface area (Å²) in [5.41, 5.74) is 3.04. The Morgan fingerprint density at radius 2 is 1.62 bits per heavy atom. The summed E-state index contributed by atoms with van der Waals surface area (Å²) in [6.45, 7) is 8.38. The second kappa shape index (κ2) is 6.00. The molecule has 0 fully saturated rings. The van der Waals surface area contributed by atoms with Crippen molar-refractivity contribution in [2.45, 2.75) is 33.1 Å². The molecule has 0 aliphatic heterocycles. The van der Waals surface area contributed by atoms with Gasteiger partial charge in [-0.05, 0) is 41.7 Å². The van der Waals surface area contributed by atoms with Gasteiger partial charge in [-0.15, -0.1) is 0 Å². The molecule has 3 heteroatoms. The average molecular weight is 283 g/mol. The Bertz CT molecular complexity index is 624. The number of para-hydroxylation sites is 1. The molecule has 0 aromatic heterocycles. The van der Waals surface area contributed by atoms with E-state index >= 15 is 0 Å². The van der Waals surface area contributed by atoms with Crippen molar-refractivity contribution in [3.8, 4) is 5.75 Å². The van der Waals surface area contributed by atoms with Crippen molar-refractivity contribution < 1.29 is 9.53 Å². The van der Waals surface area contributed by atoms with Gasteiger partial charge in [0.1, 0.15) is 5.75 Å². The van der Waals surface area contributed by atoms with Crippen LogP contribution in [0.5, 0.6) is 5.75 Å². The zero-order valence-electron chi connectivity index (χ0n) is 12.9. The van der Waals surface area contributed by atoms with Gasteiger partial charge in [-0.25, -0.2) is 4.79 Å². The molecule has 2 aromatic rings. The molecule has 0 aliphatic carbocycles. The molecule has 0 heterocycles. The number of ether oxygens (including phenoxy) is 1. The normalized spacial score (nSPS) is 11.0. The van der Waals surface area contributed by atoms with Crippen LogP contribution >= 0.6 is 0 Å². The van der Waals surface area contributed by atoms with Crippen molar-refractivity contribution in [3.05, 3.63) is 59.7 Å². The van der Waals surface area contributed by atoms with Gasteiger partial charge < -0.3 is 4.74 Å². The number of carbonyl (C=O) groups is 1. The predicted molar refractivity (Wildman–Crippen MR) is 86.0 cm³/mol. The van der Waals surface area contributed by atoms with Crippen LogP contribution in [0, 0.1) is 6.92 Å². The van der Waals surface area contributed by atoms with Crippen LogP contribution in [0.25, 0.3) is 0 Å². The molecule has 0 bridgehead atoms. The van der Waals surface area contributed by atoms with E-state index in [1.165, 1.54) is 5.56 Å². The van der Waals surface area contributed by atoms with Gasteiger partial charge in [0.05, 0.1) is 0 Å². The number of rotatable bonds is 2. The molecule has 0 saturated carbocycles. The van der Waals surface area contributed by atoms with Crippen LogP contribution in [0.15, 0.2) is 48.5 Å². The Morgan fingerprint density at radius 1 is 1.00 bits per heavy atom. The third-order valence-corrected chi connectivity index (χ3v) is 3.31. The maximum absolute atomic E-state index is 11.9. The zero-order chi connectivity index (χ0) is 15.5. The molecule has 1 amide bonds. The van der Waals surface area contributed by atoms with Crippen LogP contribution in [-0.2, 0) is 5.41 Å². The van der Waals surface area contributed by atoms with Crippen molar-refractivity contribution in [1.82, 2.24) is 0 Å². The minimum Gasteiger partial charge on any atom is -0.410 e. The Balaban J connectivity index is 2.02. The molecule has 1 N–H and O–H groups in total. The van der Waals surface area contributed by atoms with Gasteiger partial charge in [0.15, 0.2) is 0 Å². The molecule has 0 saturated heterocycles. The first-order valence-corrected chi connectivity index (χ1v) is 7.01. The van der Waals surface area contributed by atoms with E-state index in [4.69, 9.17) is 4.74 Å². The highest BCUT2D eigenvalue weighted by molar-refractivity contribution is 5.87. The smallest absolute Gasteiger partial charge is 0.410 e. The van der Waals surface area contributed by atoms with E-state index in [-0.39, 0.29) is 5.41 Å². The van der Waals surface area contributed by atoms with Crippen molar-refractivity contribution in [2.75, 3.05) is 5.32 Å². The van der Waals surface area contributed by atoms with Crippen LogP contribution in [0.3, 0.4) is 0 Å². The Labute approximate surface area is 126 Å². The summed E-state index contributed by atoms with van der Waals surface area (Å²) in [5.74, 6) is 0.536. The van der Waals surface area contributed by atoms with E-state index < -0.39 is 6.09 Å². The van der Waals surface area contributed by atoms with Gasteiger partial charge in [-0.2, -0.15) is 0 Å². The summed E-state index contributed by atoms with van der Waals surface area (Å²) in [6.07, 6.45) is -0.479.